The third-order valence-corrected chi connectivity index (χ3v) is 6.22. The normalized spacial score (nSPS) is 17.2. The summed E-state index contributed by atoms with van der Waals surface area (Å²) in [6.45, 7) is 9.86. The van der Waals surface area contributed by atoms with E-state index in [0.29, 0.717) is 0 Å². The molecule has 0 atom stereocenters. The molecular formula is C21H27F6N5O4S. The number of aliphatic carboxylic acids is 2. The molecule has 2 aromatic rings. The number of carboxylic acids is 2. The summed E-state index contributed by atoms with van der Waals surface area (Å²) < 4.78 is 65.8. The van der Waals surface area contributed by atoms with Gasteiger partial charge in [0.25, 0.3) is 0 Å². The first-order valence-electron chi connectivity index (χ1n) is 11.0. The zero-order valence-corrected chi connectivity index (χ0v) is 20.6. The Kier molecular flexibility index (Phi) is 10.9. The number of carbonyl (C=O) groups is 2. The molecule has 4 rings (SSSR count). The molecule has 0 unspecified atom stereocenters. The van der Waals surface area contributed by atoms with Gasteiger partial charge in [-0.2, -0.15) is 26.3 Å². The summed E-state index contributed by atoms with van der Waals surface area (Å²) in [6, 6.07) is 4.36. The second kappa shape index (κ2) is 13.2. The maximum atomic E-state index is 10.6. The highest BCUT2D eigenvalue weighted by molar-refractivity contribution is 7.09. The van der Waals surface area contributed by atoms with Crippen LogP contribution in [0.1, 0.15) is 16.4 Å². The smallest absolute Gasteiger partial charge is 0.475 e. The van der Waals surface area contributed by atoms with E-state index < -0.39 is 24.3 Å². The van der Waals surface area contributed by atoms with Gasteiger partial charge in [0.1, 0.15) is 5.82 Å². The highest BCUT2D eigenvalue weighted by atomic mass is 32.1. The van der Waals surface area contributed by atoms with Crippen molar-refractivity contribution >= 4 is 23.3 Å². The molecule has 4 heterocycles. The van der Waals surface area contributed by atoms with E-state index in [1.165, 1.54) is 29.5 Å². The molecule has 0 aliphatic carbocycles. The number of imidazole rings is 1. The lowest BCUT2D eigenvalue weighted by Crippen LogP contribution is -2.43. The van der Waals surface area contributed by atoms with Crippen LogP contribution in [0.25, 0.3) is 0 Å². The molecule has 2 aromatic heterocycles. The van der Waals surface area contributed by atoms with Crippen LogP contribution in [0, 0.1) is 0 Å². The monoisotopic (exact) mass is 559 g/mol. The fourth-order valence-electron chi connectivity index (χ4n) is 3.43. The predicted octanol–water partition coefficient (Wildman–Crippen LogP) is 2.97. The van der Waals surface area contributed by atoms with Gasteiger partial charge < -0.3 is 19.7 Å². The van der Waals surface area contributed by atoms with Crippen molar-refractivity contribution in [3.8, 4) is 0 Å². The van der Waals surface area contributed by atoms with Crippen molar-refractivity contribution in [3.05, 3.63) is 40.1 Å². The number of thiophene rings is 1. The quantitative estimate of drug-likeness (QED) is 0.552. The topological polar surface area (TPSA) is 102 Å². The lowest BCUT2D eigenvalue weighted by Gasteiger charge is -2.31. The van der Waals surface area contributed by atoms with Gasteiger partial charge in [0, 0.05) is 63.4 Å². The molecular weight excluding hydrogens is 532 g/mol. The lowest BCUT2D eigenvalue weighted by atomic mass is 10.3. The number of carboxylic acid groups (broad SMARTS) is 2. The molecule has 0 saturated carbocycles. The van der Waals surface area contributed by atoms with E-state index in [0.717, 1.165) is 45.8 Å². The minimum absolute atomic E-state index is 0.973. The molecule has 0 spiro atoms. The Balaban J connectivity index is 0.000000286. The molecule has 1 saturated heterocycles. The number of piperazine rings is 1. The van der Waals surface area contributed by atoms with E-state index in [9.17, 15) is 26.3 Å². The van der Waals surface area contributed by atoms with Crippen LogP contribution in [0.15, 0.2) is 23.7 Å². The van der Waals surface area contributed by atoms with Crippen LogP contribution in [-0.2, 0) is 35.8 Å². The number of alkyl halides is 6. The first-order chi connectivity index (χ1) is 17.1. The summed E-state index contributed by atoms with van der Waals surface area (Å²) in [6.07, 6.45) is -7.89. The van der Waals surface area contributed by atoms with E-state index in [1.54, 1.807) is 0 Å². The third kappa shape index (κ3) is 10.7. The zero-order chi connectivity index (χ0) is 27.8. The van der Waals surface area contributed by atoms with Crippen molar-refractivity contribution in [2.24, 2.45) is 0 Å². The molecule has 2 aliphatic rings. The summed E-state index contributed by atoms with van der Waals surface area (Å²) in [7, 11) is 2.20. The Morgan fingerprint density at radius 1 is 0.919 bits per heavy atom. The fourth-order valence-corrected chi connectivity index (χ4v) is 4.18. The molecule has 0 radical (unpaired) electrons. The molecule has 1 fully saturated rings. The van der Waals surface area contributed by atoms with Gasteiger partial charge >= 0.3 is 24.3 Å². The number of fused-ring (bicyclic) bond motifs is 1. The largest absolute Gasteiger partial charge is 0.490 e. The molecule has 9 nitrogen and oxygen atoms in total. The Bertz CT molecular complexity index is 980. The van der Waals surface area contributed by atoms with E-state index >= 15 is 0 Å². The van der Waals surface area contributed by atoms with Crippen molar-refractivity contribution in [2.45, 2.75) is 38.5 Å². The Hall–Kier alpha value is -2.69. The van der Waals surface area contributed by atoms with E-state index in [4.69, 9.17) is 24.8 Å². The molecule has 0 bridgehead atoms. The van der Waals surface area contributed by atoms with E-state index in [-0.39, 0.29) is 0 Å². The maximum Gasteiger partial charge on any atom is 0.490 e. The van der Waals surface area contributed by atoms with Crippen molar-refractivity contribution < 1.29 is 46.1 Å². The number of hydrogen-bond donors (Lipinski definition) is 2. The highest BCUT2D eigenvalue weighted by Gasteiger charge is 2.38. The lowest BCUT2D eigenvalue weighted by molar-refractivity contribution is -0.193. The van der Waals surface area contributed by atoms with Crippen LogP contribution in [0.5, 0.6) is 0 Å². The number of hydrogen-bond acceptors (Lipinski definition) is 7. The number of aromatic nitrogens is 2. The van der Waals surface area contributed by atoms with Gasteiger partial charge in [-0.05, 0) is 18.5 Å². The summed E-state index contributed by atoms with van der Waals surface area (Å²) in [5, 5.41) is 16.4. The van der Waals surface area contributed by atoms with E-state index in [2.05, 4.69) is 50.0 Å². The molecule has 16 heteroatoms. The second-order valence-corrected chi connectivity index (χ2v) is 9.35. The molecule has 0 aromatic carbocycles. The van der Waals surface area contributed by atoms with Crippen LogP contribution in [0.4, 0.5) is 26.3 Å². The minimum Gasteiger partial charge on any atom is -0.475 e. The van der Waals surface area contributed by atoms with Gasteiger partial charge in [0.05, 0.1) is 12.2 Å². The average molecular weight is 560 g/mol. The highest BCUT2D eigenvalue weighted by Crippen LogP contribution is 2.19. The zero-order valence-electron chi connectivity index (χ0n) is 19.8. The maximum absolute atomic E-state index is 10.6. The van der Waals surface area contributed by atoms with Crippen molar-refractivity contribution in [3.63, 3.8) is 0 Å². The first-order valence-corrected chi connectivity index (χ1v) is 11.8. The van der Waals surface area contributed by atoms with Gasteiger partial charge in [0.2, 0.25) is 0 Å². The van der Waals surface area contributed by atoms with Crippen LogP contribution in [0.2, 0.25) is 0 Å². The van der Waals surface area contributed by atoms with Gasteiger partial charge in [-0.3, -0.25) is 9.80 Å². The first kappa shape index (κ1) is 30.5. The van der Waals surface area contributed by atoms with Crippen LogP contribution in [-0.4, -0.2) is 98.5 Å². The van der Waals surface area contributed by atoms with Gasteiger partial charge in [-0.1, -0.05) is 6.07 Å². The number of likely N-dealkylation sites (N-methyl/N-ethyl adjacent to an activating group) is 1. The molecule has 2 aliphatic heterocycles. The Morgan fingerprint density at radius 3 is 1.95 bits per heavy atom. The molecule has 208 valence electrons. The number of nitrogens with zero attached hydrogens (tertiary/aromatic N) is 5. The third-order valence-electron chi connectivity index (χ3n) is 5.36. The summed E-state index contributed by atoms with van der Waals surface area (Å²) >= 11 is 1.85. The number of rotatable bonds is 4. The Morgan fingerprint density at radius 2 is 1.46 bits per heavy atom. The summed E-state index contributed by atoms with van der Waals surface area (Å²) in [5.41, 5.74) is 1.24. The van der Waals surface area contributed by atoms with Crippen molar-refractivity contribution in [2.75, 3.05) is 39.8 Å². The van der Waals surface area contributed by atoms with Crippen LogP contribution in [0.3, 0.4) is 0 Å². The summed E-state index contributed by atoms with van der Waals surface area (Å²) in [5.74, 6) is -4.28. The van der Waals surface area contributed by atoms with Gasteiger partial charge in [-0.15, -0.1) is 11.3 Å². The molecule has 2 N–H and O–H groups in total. The van der Waals surface area contributed by atoms with Crippen LogP contribution >= 0.6 is 11.3 Å². The molecule has 37 heavy (non-hydrogen) atoms. The van der Waals surface area contributed by atoms with Crippen LogP contribution < -0.4 is 0 Å². The fraction of sp³-hybridized carbons (Fsp3) is 0.571. The minimum atomic E-state index is -5.08. The predicted molar refractivity (Wildman–Crippen MR) is 121 cm³/mol. The molecule has 0 amide bonds. The van der Waals surface area contributed by atoms with Crippen molar-refractivity contribution in [1.29, 1.82) is 0 Å². The van der Waals surface area contributed by atoms with Gasteiger partial charge in [0.15, 0.2) is 0 Å². The average Bonchev–Trinajstić information content (AvgIpc) is 3.44. The van der Waals surface area contributed by atoms with Gasteiger partial charge in [-0.25, -0.2) is 14.6 Å². The SMILES string of the molecule is CN1CCN(Cc2cn3c(n2)CN(Cc2cccs2)CC3)CC1.O=C(O)C(F)(F)F.O=C(O)C(F)(F)F. The standard InChI is InChI=1S/C17H25N5S.2C2HF3O2/c1-19-4-6-20(7-5-19)11-15-12-22-9-8-21(14-17(22)18-15)13-16-3-2-10-23-16;2*3-2(4,5)1(6)7/h2-3,10,12H,4-9,11,13-14H2,1H3;2*(H,6,7). The Labute approximate surface area is 212 Å². The summed E-state index contributed by atoms with van der Waals surface area (Å²) in [4.78, 5) is 31.6. The van der Waals surface area contributed by atoms with E-state index in [1.807, 2.05) is 11.3 Å². The van der Waals surface area contributed by atoms with Crippen molar-refractivity contribution in [1.82, 2.24) is 24.3 Å². The second-order valence-electron chi connectivity index (χ2n) is 8.32. The number of halogens is 6.